The minimum atomic E-state index is -0.496. The molecule has 0 aliphatic heterocycles. The first kappa shape index (κ1) is 18.3. The fraction of sp³-hybridized carbons (Fsp3) is 0.263. The molecule has 0 spiro atoms. The number of carbonyl (C=O) groups excluding carboxylic acids is 2. The van der Waals surface area contributed by atoms with E-state index >= 15 is 0 Å². The molecule has 6 nitrogen and oxygen atoms in total. The lowest BCUT2D eigenvalue weighted by Gasteiger charge is -2.10. The minimum absolute atomic E-state index is 0.0390. The number of hydrogen-bond donors (Lipinski definition) is 1. The Balaban J connectivity index is 1.87. The van der Waals surface area contributed by atoms with Crippen molar-refractivity contribution in [3.63, 3.8) is 0 Å². The van der Waals surface area contributed by atoms with Gasteiger partial charge in [0.15, 0.2) is 6.61 Å². The number of esters is 1. The quantitative estimate of drug-likeness (QED) is 0.783. The number of carbonyl (C=O) groups is 2. The second-order valence-electron chi connectivity index (χ2n) is 5.43. The second kappa shape index (κ2) is 8.73. The van der Waals surface area contributed by atoms with Crippen molar-refractivity contribution in [2.75, 3.05) is 26.1 Å². The van der Waals surface area contributed by atoms with Gasteiger partial charge >= 0.3 is 5.97 Å². The van der Waals surface area contributed by atoms with Gasteiger partial charge in [-0.1, -0.05) is 23.8 Å². The SMILES string of the molecule is COc1cccc(NC(=O)COC(=O)Cc2cc(C)ccc2OC)c1. The van der Waals surface area contributed by atoms with E-state index in [0.717, 1.165) is 11.1 Å². The zero-order valence-electron chi connectivity index (χ0n) is 14.5. The van der Waals surface area contributed by atoms with Crippen LogP contribution in [0.4, 0.5) is 5.69 Å². The van der Waals surface area contributed by atoms with Crippen LogP contribution in [0.3, 0.4) is 0 Å². The van der Waals surface area contributed by atoms with E-state index in [9.17, 15) is 9.59 Å². The van der Waals surface area contributed by atoms with E-state index in [1.807, 2.05) is 19.1 Å². The summed E-state index contributed by atoms with van der Waals surface area (Å²) < 4.78 is 15.4. The van der Waals surface area contributed by atoms with Crippen molar-refractivity contribution in [1.29, 1.82) is 0 Å². The third-order valence-electron chi connectivity index (χ3n) is 3.49. The van der Waals surface area contributed by atoms with E-state index in [0.29, 0.717) is 17.2 Å². The van der Waals surface area contributed by atoms with Crippen LogP contribution in [-0.4, -0.2) is 32.7 Å². The normalized spacial score (nSPS) is 10.0. The predicted molar refractivity (Wildman–Crippen MR) is 94.0 cm³/mol. The molecular weight excluding hydrogens is 322 g/mol. The van der Waals surface area contributed by atoms with Gasteiger partial charge in [0.05, 0.1) is 20.6 Å². The van der Waals surface area contributed by atoms with Crippen LogP contribution in [0.15, 0.2) is 42.5 Å². The molecular formula is C19H21NO5. The molecule has 0 unspecified atom stereocenters. The molecule has 0 fully saturated rings. The topological polar surface area (TPSA) is 73.9 Å². The highest BCUT2D eigenvalue weighted by atomic mass is 16.5. The van der Waals surface area contributed by atoms with E-state index in [2.05, 4.69) is 5.32 Å². The van der Waals surface area contributed by atoms with Gasteiger partial charge in [0.25, 0.3) is 5.91 Å². The summed E-state index contributed by atoms with van der Waals surface area (Å²) in [7, 11) is 3.09. The van der Waals surface area contributed by atoms with Crippen LogP contribution in [-0.2, 0) is 20.7 Å². The average molecular weight is 343 g/mol. The van der Waals surface area contributed by atoms with Gasteiger partial charge in [0, 0.05) is 17.3 Å². The summed E-state index contributed by atoms with van der Waals surface area (Å²) in [5.41, 5.74) is 2.31. The third kappa shape index (κ3) is 5.53. The number of amides is 1. The van der Waals surface area contributed by atoms with E-state index in [4.69, 9.17) is 14.2 Å². The highest BCUT2D eigenvalue weighted by Gasteiger charge is 2.12. The molecule has 6 heteroatoms. The monoisotopic (exact) mass is 343 g/mol. The number of nitrogens with one attached hydrogen (secondary N) is 1. The molecule has 0 aliphatic rings. The summed E-state index contributed by atoms with van der Waals surface area (Å²) in [5.74, 6) is 0.326. The van der Waals surface area contributed by atoms with Crippen LogP contribution < -0.4 is 14.8 Å². The van der Waals surface area contributed by atoms with Gasteiger partial charge in [0.1, 0.15) is 11.5 Å². The highest BCUT2D eigenvalue weighted by molar-refractivity contribution is 5.93. The fourth-order valence-electron chi connectivity index (χ4n) is 2.30. The molecule has 0 heterocycles. The second-order valence-corrected chi connectivity index (χ2v) is 5.43. The number of ether oxygens (including phenoxy) is 3. The molecule has 0 aromatic heterocycles. The van der Waals surface area contributed by atoms with Gasteiger partial charge in [-0.05, 0) is 25.1 Å². The van der Waals surface area contributed by atoms with Crippen LogP contribution in [0.25, 0.3) is 0 Å². The first-order valence-corrected chi connectivity index (χ1v) is 7.75. The Morgan fingerprint density at radius 1 is 1.04 bits per heavy atom. The van der Waals surface area contributed by atoms with E-state index in [1.165, 1.54) is 0 Å². The molecule has 1 amide bonds. The number of hydrogen-bond acceptors (Lipinski definition) is 5. The lowest BCUT2D eigenvalue weighted by atomic mass is 10.1. The number of rotatable bonds is 7. The standard InChI is InChI=1S/C19H21NO5/c1-13-7-8-17(24-3)14(9-13)10-19(22)25-12-18(21)20-15-5-4-6-16(11-15)23-2/h4-9,11H,10,12H2,1-3H3,(H,20,21). The molecule has 2 rings (SSSR count). The Morgan fingerprint density at radius 2 is 1.84 bits per heavy atom. The Hall–Kier alpha value is -3.02. The number of benzene rings is 2. The molecule has 0 radical (unpaired) electrons. The summed E-state index contributed by atoms with van der Waals surface area (Å²) in [6, 6.07) is 12.5. The van der Waals surface area contributed by atoms with Gasteiger partial charge in [-0.25, -0.2) is 0 Å². The molecule has 0 saturated carbocycles. The molecule has 25 heavy (non-hydrogen) atoms. The van der Waals surface area contributed by atoms with Gasteiger partial charge in [-0.3, -0.25) is 9.59 Å². The largest absolute Gasteiger partial charge is 0.497 e. The van der Waals surface area contributed by atoms with Crippen LogP contribution in [0, 0.1) is 6.92 Å². The first-order valence-electron chi connectivity index (χ1n) is 7.75. The van der Waals surface area contributed by atoms with Gasteiger partial charge < -0.3 is 19.5 Å². The predicted octanol–water partition coefficient (Wildman–Crippen LogP) is 2.74. The van der Waals surface area contributed by atoms with Crippen molar-refractivity contribution in [3.05, 3.63) is 53.6 Å². The van der Waals surface area contributed by atoms with Gasteiger partial charge in [-0.2, -0.15) is 0 Å². The molecule has 2 aromatic carbocycles. The van der Waals surface area contributed by atoms with Crippen molar-refractivity contribution in [2.24, 2.45) is 0 Å². The summed E-state index contributed by atoms with van der Waals surface area (Å²) in [4.78, 5) is 23.9. The van der Waals surface area contributed by atoms with Crippen molar-refractivity contribution in [1.82, 2.24) is 0 Å². The molecule has 0 aliphatic carbocycles. The molecule has 2 aromatic rings. The van der Waals surface area contributed by atoms with Gasteiger partial charge in [0.2, 0.25) is 0 Å². The number of aryl methyl sites for hydroxylation is 1. The van der Waals surface area contributed by atoms with Gasteiger partial charge in [-0.15, -0.1) is 0 Å². The minimum Gasteiger partial charge on any atom is -0.497 e. The Morgan fingerprint density at radius 3 is 2.56 bits per heavy atom. The lowest BCUT2D eigenvalue weighted by Crippen LogP contribution is -2.21. The number of methoxy groups -OCH3 is 2. The maximum absolute atomic E-state index is 12.0. The van der Waals surface area contributed by atoms with Crippen molar-refractivity contribution >= 4 is 17.6 Å². The molecule has 0 atom stereocenters. The fourth-order valence-corrected chi connectivity index (χ4v) is 2.30. The Kier molecular flexibility index (Phi) is 6.39. The van der Waals surface area contributed by atoms with E-state index in [-0.39, 0.29) is 13.0 Å². The van der Waals surface area contributed by atoms with Crippen LogP contribution in [0.5, 0.6) is 11.5 Å². The van der Waals surface area contributed by atoms with E-state index < -0.39 is 11.9 Å². The Bertz CT molecular complexity index is 757. The zero-order chi connectivity index (χ0) is 18.2. The van der Waals surface area contributed by atoms with Crippen LogP contribution >= 0.6 is 0 Å². The smallest absolute Gasteiger partial charge is 0.310 e. The molecule has 1 N–H and O–H groups in total. The zero-order valence-corrected chi connectivity index (χ0v) is 14.5. The van der Waals surface area contributed by atoms with E-state index in [1.54, 1.807) is 44.6 Å². The number of anilines is 1. The lowest BCUT2D eigenvalue weighted by molar-refractivity contribution is -0.146. The summed E-state index contributed by atoms with van der Waals surface area (Å²) in [5, 5.41) is 2.65. The average Bonchev–Trinajstić information content (AvgIpc) is 2.60. The van der Waals surface area contributed by atoms with Crippen molar-refractivity contribution < 1.29 is 23.8 Å². The Labute approximate surface area is 146 Å². The molecule has 0 saturated heterocycles. The maximum atomic E-state index is 12.0. The third-order valence-corrected chi connectivity index (χ3v) is 3.49. The maximum Gasteiger partial charge on any atom is 0.310 e. The van der Waals surface area contributed by atoms with Crippen LogP contribution in [0.2, 0.25) is 0 Å². The van der Waals surface area contributed by atoms with Crippen LogP contribution in [0.1, 0.15) is 11.1 Å². The summed E-state index contributed by atoms with van der Waals surface area (Å²) in [6.07, 6.45) is 0.0390. The molecule has 0 bridgehead atoms. The summed E-state index contributed by atoms with van der Waals surface area (Å²) >= 11 is 0. The van der Waals surface area contributed by atoms with Crippen molar-refractivity contribution in [2.45, 2.75) is 13.3 Å². The first-order chi connectivity index (χ1) is 12.0. The molecule has 132 valence electrons. The van der Waals surface area contributed by atoms with Crippen molar-refractivity contribution in [3.8, 4) is 11.5 Å². The highest BCUT2D eigenvalue weighted by Crippen LogP contribution is 2.20. The summed E-state index contributed by atoms with van der Waals surface area (Å²) in [6.45, 7) is 1.57.